The molecule has 0 aromatic heterocycles. The Balaban J connectivity index is 0.00000512. The molecule has 0 aliphatic carbocycles. The molecule has 12 heteroatoms. The first-order chi connectivity index (χ1) is 14.6. The molecule has 0 saturated carbocycles. The van der Waals surface area contributed by atoms with Crippen molar-refractivity contribution in [1.82, 2.24) is 10.6 Å². The predicted octanol–water partition coefficient (Wildman–Crippen LogP) is -6.18. The van der Waals surface area contributed by atoms with E-state index in [1.165, 1.54) is 0 Å². The van der Waals surface area contributed by atoms with Crippen LogP contribution in [0.2, 0.25) is 0 Å². The molecule has 2 amide bonds. The largest absolute Gasteiger partial charge is 1.00 e. The fraction of sp³-hybridized carbons (Fsp3) is 0.550. The van der Waals surface area contributed by atoms with Crippen molar-refractivity contribution in [1.29, 1.82) is 0 Å². The number of carbonyl (C=O) groups excluding carboxylic acids is 3. The zero-order valence-electron chi connectivity index (χ0n) is 18.2. The van der Waals surface area contributed by atoms with Crippen LogP contribution in [0.25, 0.3) is 0 Å². The minimum Gasteiger partial charge on any atom is -0.544 e. The molecule has 6 atom stereocenters. The SMILES string of the molecule is COC1(C(=O)[O-])C[C@H](O)[C@@H](NC(C)=O)[C@H]([C@H](O)[C@H](O)CNC(=O)Cc2ccccc2)O1.[Na+]. The number of hydrogen-bond acceptors (Lipinski definition) is 9. The van der Waals surface area contributed by atoms with Gasteiger partial charge in [-0.2, -0.15) is 0 Å². The summed E-state index contributed by atoms with van der Waals surface area (Å²) in [5, 5.41) is 47.7. The van der Waals surface area contributed by atoms with Gasteiger partial charge in [0.2, 0.25) is 17.6 Å². The molecular formula is C20H27N2NaO9. The minimum atomic E-state index is -2.39. The molecule has 1 unspecified atom stereocenters. The number of rotatable bonds is 9. The first-order valence-corrected chi connectivity index (χ1v) is 9.66. The predicted molar refractivity (Wildman–Crippen MR) is 103 cm³/mol. The summed E-state index contributed by atoms with van der Waals surface area (Å²) in [4.78, 5) is 35.1. The number of amides is 2. The summed E-state index contributed by atoms with van der Waals surface area (Å²) >= 11 is 0. The van der Waals surface area contributed by atoms with Crippen molar-refractivity contribution in [3.8, 4) is 0 Å². The Kier molecular flexibility index (Phi) is 11.2. The number of hydrogen-bond donors (Lipinski definition) is 5. The van der Waals surface area contributed by atoms with Crippen molar-refractivity contribution < 1.29 is 73.8 Å². The van der Waals surface area contributed by atoms with E-state index in [9.17, 15) is 34.8 Å². The van der Waals surface area contributed by atoms with E-state index in [-0.39, 0.29) is 42.5 Å². The van der Waals surface area contributed by atoms with Crippen LogP contribution in [0.15, 0.2) is 30.3 Å². The molecule has 0 spiro atoms. The van der Waals surface area contributed by atoms with Crippen LogP contribution in [-0.2, 0) is 30.3 Å². The van der Waals surface area contributed by atoms with Crippen LogP contribution in [0, 0.1) is 0 Å². The maximum absolute atomic E-state index is 12.1. The third-order valence-electron chi connectivity index (χ3n) is 5.03. The molecule has 1 aliphatic heterocycles. The standard InChI is InChI=1S/C20H28N2O9.Na/c1-11(23)22-16-13(24)9-20(30-2,19(28)29)31-18(16)17(27)14(25)10-21-15(26)8-12-6-4-3-5-7-12;/h3-7,13-14,16-18,24-25,27H,8-10H2,1-2H3,(H,21,26)(H,22,23)(H,28,29);/q;+1/p-1/t13-,14+,16+,17+,18+,20?;/m0./s1. The molecule has 32 heavy (non-hydrogen) atoms. The third-order valence-corrected chi connectivity index (χ3v) is 5.03. The van der Waals surface area contributed by atoms with Gasteiger partial charge in [-0.15, -0.1) is 0 Å². The van der Waals surface area contributed by atoms with Crippen molar-refractivity contribution in [3.05, 3.63) is 35.9 Å². The second-order valence-corrected chi connectivity index (χ2v) is 7.35. The Hall–Kier alpha value is -1.57. The normalized spacial score (nSPS) is 26.8. The summed E-state index contributed by atoms with van der Waals surface area (Å²) in [6.45, 7) is 0.772. The Labute approximate surface area is 207 Å². The second kappa shape index (κ2) is 12.6. The van der Waals surface area contributed by atoms with Crippen molar-refractivity contribution in [2.24, 2.45) is 0 Å². The van der Waals surface area contributed by atoms with Crippen molar-refractivity contribution in [2.75, 3.05) is 13.7 Å². The number of carbonyl (C=O) groups is 3. The van der Waals surface area contributed by atoms with Gasteiger partial charge in [-0.05, 0) is 5.56 Å². The Morgan fingerprint density at radius 1 is 1.28 bits per heavy atom. The van der Waals surface area contributed by atoms with Crippen molar-refractivity contribution in [2.45, 2.75) is 56.0 Å². The zero-order valence-corrected chi connectivity index (χ0v) is 20.2. The molecule has 2 rings (SSSR count). The first kappa shape index (κ1) is 28.5. The fourth-order valence-corrected chi connectivity index (χ4v) is 3.41. The van der Waals surface area contributed by atoms with Gasteiger partial charge < -0.3 is 45.3 Å². The molecule has 1 aliphatic rings. The average molecular weight is 462 g/mol. The molecule has 0 bridgehead atoms. The molecule has 1 saturated heterocycles. The maximum Gasteiger partial charge on any atom is 1.00 e. The van der Waals surface area contributed by atoms with Crippen LogP contribution < -0.4 is 45.3 Å². The van der Waals surface area contributed by atoms with Crippen LogP contribution in [0.5, 0.6) is 0 Å². The number of methoxy groups -OCH3 is 1. The molecule has 0 radical (unpaired) electrons. The van der Waals surface area contributed by atoms with E-state index in [0.717, 1.165) is 19.6 Å². The molecule has 1 heterocycles. The van der Waals surface area contributed by atoms with E-state index < -0.39 is 60.4 Å². The smallest absolute Gasteiger partial charge is 0.544 e. The molecule has 1 aromatic carbocycles. The van der Waals surface area contributed by atoms with E-state index in [1.54, 1.807) is 30.3 Å². The maximum atomic E-state index is 12.1. The number of benzene rings is 1. The van der Waals surface area contributed by atoms with Crippen molar-refractivity contribution >= 4 is 17.8 Å². The van der Waals surface area contributed by atoms with E-state index >= 15 is 0 Å². The molecule has 5 N–H and O–H groups in total. The van der Waals surface area contributed by atoms with Gasteiger partial charge in [0, 0.05) is 27.0 Å². The second-order valence-electron chi connectivity index (χ2n) is 7.35. The summed E-state index contributed by atoms with van der Waals surface area (Å²) < 4.78 is 10.2. The Bertz CT molecular complexity index is 782. The molecular weight excluding hydrogens is 435 g/mol. The fourth-order valence-electron chi connectivity index (χ4n) is 3.41. The van der Waals surface area contributed by atoms with Crippen LogP contribution >= 0.6 is 0 Å². The molecule has 1 aromatic rings. The summed E-state index contributed by atoms with van der Waals surface area (Å²) in [5.74, 6) is -5.18. The summed E-state index contributed by atoms with van der Waals surface area (Å²) in [6, 6.07) is 7.61. The van der Waals surface area contributed by atoms with E-state index in [2.05, 4.69) is 10.6 Å². The van der Waals surface area contributed by atoms with Crippen LogP contribution in [0.1, 0.15) is 18.9 Å². The van der Waals surface area contributed by atoms with Gasteiger partial charge in [-0.1, -0.05) is 30.3 Å². The number of carboxylic acids is 1. The summed E-state index contributed by atoms with van der Waals surface area (Å²) in [6.07, 6.45) is -7.00. The van der Waals surface area contributed by atoms with Crippen molar-refractivity contribution in [3.63, 3.8) is 0 Å². The number of aliphatic carboxylic acids is 1. The number of carboxylic acid groups (broad SMARTS) is 1. The van der Waals surface area contributed by atoms with E-state index in [4.69, 9.17) is 9.47 Å². The van der Waals surface area contributed by atoms with E-state index in [0.29, 0.717) is 0 Å². The Morgan fingerprint density at radius 2 is 1.91 bits per heavy atom. The topological polar surface area (TPSA) is 177 Å². The monoisotopic (exact) mass is 462 g/mol. The van der Waals surface area contributed by atoms with E-state index in [1.807, 2.05) is 0 Å². The molecule has 172 valence electrons. The number of aliphatic hydroxyl groups excluding tert-OH is 3. The average Bonchev–Trinajstić information content (AvgIpc) is 2.73. The van der Waals surface area contributed by atoms with Crippen LogP contribution in [-0.4, -0.2) is 83.0 Å². The minimum absolute atomic E-state index is 0. The van der Waals surface area contributed by atoms with Gasteiger partial charge in [0.05, 0.1) is 24.7 Å². The third kappa shape index (κ3) is 7.22. The number of ether oxygens (including phenoxy) is 2. The van der Waals surface area contributed by atoms with Crippen LogP contribution in [0.3, 0.4) is 0 Å². The first-order valence-electron chi connectivity index (χ1n) is 9.66. The van der Waals surface area contributed by atoms with Gasteiger partial charge >= 0.3 is 29.6 Å². The summed E-state index contributed by atoms with van der Waals surface area (Å²) in [5.41, 5.74) is 0.748. The number of aliphatic hydroxyl groups is 3. The quantitative estimate of drug-likeness (QED) is 0.223. The Morgan fingerprint density at radius 3 is 2.44 bits per heavy atom. The van der Waals surface area contributed by atoms with Gasteiger partial charge in [0.1, 0.15) is 18.2 Å². The summed E-state index contributed by atoms with van der Waals surface area (Å²) in [7, 11) is 1.02. The number of nitrogens with one attached hydrogen (secondary N) is 2. The molecule has 11 nitrogen and oxygen atoms in total. The van der Waals surface area contributed by atoms with Crippen LogP contribution in [0.4, 0.5) is 0 Å². The van der Waals surface area contributed by atoms with Gasteiger partial charge in [0.25, 0.3) is 0 Å². The zero-order chi connectivity index (χ0) is 23.2. The van der Waals surface area contributed by atoms with Gasteiger partial charge in [0.15, 0.2) is 0 Å². The molecule has 1 fully saturated rings. The van der Waals surface area contributed by atoms with Gasteiger partial charge in [-0.25, -0.2) is 0 Å². The van der Waals surface area contributed by atoms with Gasteiger partial charge in [-0.3, -0.25) is 9.59 Å².